The van der Waals surface area contributed by atoms with Gasteiger partial charge in [0, 0.05) is 20.1 Å². The maximum absolute atomic E-state index is 12.5. The van der Waals surface area contributed by atoms with Crippen LogP contribution in [0, 0.1) is 5.41 Å². The summed E-state index contributed by atoms with van der Waals surface area (Å²) in [7, 11) is 1.93. The number of rotatable bonds is 7. The molecule has 0 aromatic rings. The lowest BCUT2D eigenvalue weighted by molar-refractivity contribution is -0.140. The van der Waals surface area contributed by atoms with Gasteiger partial charge >= 0.3 is 0 Å². The summed E-state index contributed by atoms with van der Waals surface area (Å²) in [5, 5.41) is 3.34. The summed E-state index contributed by atoms with van der Waals surface area (Å²) in [4.78, 5) is 14.4. The molecule has 3 heteroatoms. The maximum atomic E-state index is 12.5. The molecule has 1 rings (SSSR count). The Hall–Kier alpha value is -0.830. The molecule has 0 spiro atoms. The van der Waals surface area contributed by atoms with Gasteiger partial charge in [-0.25, -0.2) is 0 Å². The zero-order chi connectivity index (χ0) is 12.7. The van der Waals surface area contributed by atoms with E-state index in [0.29, 0.717) is 5.91 Å². The van der Waals surface area contributed by atoms with Crippen molar-refractivity contribution >= 4 is 5.91 Å². The van der Waals surface area contributed by atoms with Crippen LogP contribution in [0.4, 0.5) is 0 Å². The van der Waals surface area contributed by atoms with Crippen molar-refractivity contribution in [2.24, 2.45) is 5.41 Å². The van der Waals surface area contributed by atoms with E-state index >= 15 is 0 Å². The zero-order valence-electron chi connectivity index (χ0n) is 11.3. The molecular weight excluding hydrogens is 212 g/mol. The third-order valence-electron chi connectivity index (χ3n) is 3.67. The van der Waals surface area contributed by atoms with E-state index in [1.54, 1.807) is 0 Å². The van der Waals surface area contributed by atoms with Gasteiger partial charge in [-0.3, -0.25) is 4.79 Å². The minimum absolute atomic E-state index is 0.127. The normalized spacial score (nSPS) is 23.6. The van der Waals surface area contributed by atoms with E-state index < -0.39 is 0 Å². The van der Waals surface area contributed by atoms with Gasteiger partial charge in [-0.05, 0) is 32.2 Å². The van der Waals surface area contributed by atoms with Gasteiger partial charge in [0.1, 0.15) is 0 Å². The molecule has 1 amide bonds. The van der Waals surface area contributed by atoms with Crippen LogP contribution < -0.4 is 5.32 Å². The molecule has 1 heterocycles. The Morgan fingerprint density at radius 2 is 2.35 bits per heavy atom. The summed E-state index contributed by atoms with van der Waals surface area (Å²) >= 11 is 0. The molecule has 98 valence electrons. The highest BCUT2D eigenvalue weighted by molar-refractivity contribution is 5.83. The molecule has 0 aliphatic carbocycles. The first-order chi connectivity index (χ1) is 8.16. The van der Waals surface area contributed by atoms with Gasteiger partial charge in [0.2, 0.25) is 5.91 Å². The highest BCUT2D eigenvalue weighted by atomic mass is 16.2. The molecular formula is C14H26N2O. The van der Waals surface area contributed by atoms with Crippen LogP contribution in [0.15, 0.2) is 12.7 Å². The van der Waals surface area contributed by atoms with Gasteiger partial charge in [0.05, 0.1) is 5.41 Å². The molecule has 1 atom stereocenters. The maximum Gasteiger partial charge on any atom is 0.229 e. The van der Waals surface area contributed by atoms with Gasteiger partial charge in [-0.2, -0.15) is 0 Å². The summed E-state index contributed by atoms with van der Waals surface area (Å²) in [6, 6.07) is 0. The lowest BCUT2D eigenvalue weighted by atomic mass is 9.81. The number of hydrogen-bond acceptors (Lipinski definition) is 2. The zero-order valence-corrected chi connectivity index (χ0v) is 11.3. The lowest BCUT2D eigenvalue weighted by Crippen LogP contribution is -2.43. The standard InChI is InChI=1S/C14H26N2O/c1-4-6-7-11-16(3)13(17)14(8-5-2)9-10-15-12-14/h4,15H,1,5-12H2,2-3H3. The smallest absolute Gasteiger partial charge is 0.229 e. The molecule has 1 fully saturated rings. The monoisotopic (exact) mass is 238 g/mol. The molecule has 0 aromatic carbocycles. The van der Waals surface area contributed by atoms with Gasteiger partial charge in [0.25, 0.3) is 0 Å². The summed E-state index contributed by atoms with van der Waals surface area (Å²) in [5.41, 5.74) is -0.127. The van der Waals surface area contributed by atoms with E-state index in [9.17, 15) is 4.79 Å². The Morgan fingerprint density at radius 3 is 2.88 bits per heavy atom. The molecule has 17 heavy (non-hydrogen) atoms. The van der Waals surface area contributed by atoms with Gasteiger partial charge < -0.3 is 10.2 Å². The van der Waals surface area contributed by atoms with E-state index in [2.05, 4.69) is 18.8 Å². The SMILES string of the molecule is C=CCCCN(C)C(=O)C1(CCC)CCNC1. The molecule has 1 unspecified atom stereocenters. The highest BCUT2D eigenvalue weighted by Crippen LogP contribution is 2.33. The molecule has 0 bridgehead atoms. The Kier molecular flexibility index (Phi) is 5.69. The first-order valence-electron chi connectivity index (χ1n) is 6.73. The van der Waals surface area contributed by atoms with Crippen LogP contribution in [-0.4, -0.2) is 37.5 Å². The number of unbranched alkanes of at least 4 members (excludes halogenated alkanes) is 1. The van der Waals surface area contributed by atoms with E-state index in [4.69, 9.17) is 0 Å². The molecule has 3 nitrogen and oxygen atoms in total. The number of carbonyl (C=O) groups is 1. The predicted octanol–water partition coefficient (Wildman–Crippen LogP) is 2.19. The van der Waals surface area contributed by atoms with E-state index in [-0.39, 0.29) is 5.41 Å². The van der Waals surface area contributed by atoms with Crippen LogP contribution in [0.2, 0.25) is 0 Å². The number of carbonyl (C=O) groups excluding carboxylic acids is 1. The van der Waals surface area contributed by atoms with Crippen molar-refractivity contribution in [2.45, 2.75) is 39.0 Å². The number of allylic oxidation sites excluding steroid dienone is 1. The van der Waals surface area contributed by atoms with Crippen molar-refractivity contribution in [3.05, 3.63) is 12.7 Å². The molecule has 1 aliphatic rings. The fourth-order valence-electron chi connectivity index (χ4n) is 2.70. The van der Waals surface area contributed by atoms with Crippen molar-refractivity contribution in [3.63, 3.8) is 0 Å². The fraction of sp³-hybridized carbons (Fsp3) is 0.786. The Labute approximate surface area is 105 Å². The minimum Gasteiger partial charge on any atom is -0.345 e. The Balaban J connectivity index is 2.55. The minimum atomic E-state index is -0.127. The molecule has 1 saturated heterocycles. The topological polar surface area (TPSA) is 32.3 Å². The number of nitrogens with zero attached hydrogens (tertiary/aromatic N) is 1. The Bertz CT molecular complexity index is 257. The van der Waals surface area contributed by atoms with Crippen LogP contribution in [0.3, 0.4) is 0 Å². The van der Waals surface area contributed by atoms with Gasteiger partial charge in [-0.15, -0.1) is 6.58 Å². The average Bonchev–Trinajstić information content (AvgIpc) is 2.78. The van der Waals surface area contributed by atoms with Gasteiger partial charge in [0.15, 0.2) is 0 Å². The number of hydrogen-bond donors (Lipinski definition) is 1. The molecule has 0 aromatic heterocycles. The first kappa shape index (κ1) is 14.2. The summed E-state index contributed by atoms with van der Waals surface area (Å²) in [5.74, 6) is 0.327. The van der Waals surface area contributed by atoms with Crippen LogP contribution in [0.25, 0.3) is 0 Å². The van der Waals surface area contributed by atoms with E-state index in [1.807, 2.05) is 18.0 Å². The van der Waals surface area contributed by atoms with Crippen molar-refractivity contribution in [3.8, 4) is 0 Å². The summed E-state index contributed by atoms with van der Waals surface area (Å²) < 4.78 is 0. The van der Waals surface area contributed by atoms with Crippen LogP contribution in [-0.2, 0) is 4.79 Å². The largest absolute Gasteiger partial charge is 0.345 e. The van der Waals surface area contributed by atoms with Crippen molar-refractivity contribution < 1.29 is 4.79 Å². The van der Waals surface area contributed by atoms with Crippen molar-refractivity contribution in [1.82, 2.24) is 10.2 Å². The third-order valence-corrected chi connectivity index (χ3v) is 3.67. The van der Waals surface area contributed by atoms with E-state index in [1.165, 1.54) is 0 Å². The highest BCUT2D eigenvalue weighted by Gasteiger charge is 2.41. The van der Waals surface area contributed by atoms with Crippen LogP contribution in [0.1, 0.15) is 39.0 Å². The van der Waals surface area contributed by atoms with Crippen LogP contribution in [0.5, 0.6) is 0 Å². The average molecular weight is 238 g/mol. The summed E-state index contributed by atoms with van der Waals surface area (Å²) in [6.45, 7) is 8.54. The van der Waals surface area contributed by atoms with Crippen LogP contribution >= 0.6 is 0 Å². The van der Waals surface area contributed by atoms with Gasteiger partial charge in [-0.1, -0.05) is 19.4 Å². The Morgan fingerprint density at radius 1 is 1.59 bits per heavy atom. The predicted molar refractivity (Wildman–Crippen MR) is 71.9 cm³/mol. The van der Waals surface area contributed by atoms with E-state index in [0.717, 1.165) is 51.7 Å². The second-order valence-electron chi connectivity index (χ2n) is 5.11. The number of amides is 1. The molecule has 0 radical (unpaired) electrons. The van der Waals surface area contributed by atoms with Crippen molar-refractivity contribution in [1.29, 1.82) is 0 Å². The second kappa shape index (κ2) is 6.80. The molecule has 1 N–H and O–H groups in total. The first-order valence-corrected chi connectivity index (χ1v) is 6.73. The number of nitrogens with one attached hydrogen (secondary N) is 1. The second-order valence-corrected chi connectivity index (χ2v) is 5.11. The third kappa shape index (κ3) is 3.56. The fourth-order valence-corrected chi connectivity index (χ4v) is 2.70. The molecule has 1 aliphatic heterocycles. The molecule has 0 saturated carbocycles. The lowest BCUT2D eigenvalue weighted by Gasteiger charge is -2.31. The quantitative estimate of drug-likeness (QED) is 0.545. The summed E-state index contributed by atoms with van der Waals surface area (Å²) in [6.07, 6.45) is 6.99. The van der Waals surface area contributed by atoms with Crippen molar-refractivity contribution in [2.75, 3.05) is 26.7 Å².